The van der Waals surface area contributed by atoms with Crippen LogP contribution in [0, 0.1) is 5.39 Å². The fourth-order valence-electron chi connectivity index (χ4n) is 1.15. The van der Waals surface area contributed by atoms with E-state index in [0.717, 1.165) is 0 Å². The molecular formula is C9H13N4O2S+. The molecule has 0 aliphatic carbocycles. The van der Waals surface area contributed by atoms with Gasteiger partial charge < -0.3 is 5.73 Å². The van der Waals surface area contributed by atoms with Crippen LogP contribution < -0.4 is 5.73 Å². The Hall–Kier alpha value is -1.65. The van der Waals surface area contributed by atoms with Gasteiger partial charge in [0, 0.05) is 0 Å². The SMILES string of the molecule is N#[N+]N(CCCN)S(=O)(=O)c1ccccc1. The van der Waals surface area contributed by atoms with Crippen LogP contribution in [0.2, 0.25) is 0 Å². The van der Waals surface area contributed by atoms with Crippen molar-refractivity contribution in [1.29, 1.82) is 5.39 Å². The molecule has 0 saturated heterocycles. The number of hydrogen-bond acceptors (Lipinski definition) is 4. The summed E-state index contributed by atoms with van der Waals surface area (Å²) in [7, 11) is -3.76. The number of benzene rings is 1. The lowest BCUT2D eigenvalue weighted by molar-refractivity contribution is 0.482. The molecule has 0 unspecified atom stereocenters. The van der Waals surface area contributed by atoms with Crippen LogP contribution in [0.3, 0.4) is 0 Å². The fourth-order valence-corrected chi connectivity index (χ4v) is 2.36. The zero-order valence-electron chi connectivity index (χ0n) is 8.65. The van der Waals surface area contributed by atoms with Crippen molar-refractivity contribution in [3.63, 3.8) is 0 Å². The van der Waals surface area contributed by atoms with Crippen LogP contribution in [-0.2, 0) is 10.0 Å². The maximum atomic E-state index is 11.9. The van der Waals surface area contributed by atoms with Gasteiger partial charge in [-0.2, -0.15) is 8.42 Å². The zero-order valence-corrected chi connectivity index (χ0v) is 9.47. The van der Waals surface area contributed by atoms with Crippen molar-refractivity contribution in [3.8, 4) is 0 Å². The summed E-state index contributed by atoms with van der Waals surface area (Å²) in [5, 5.41) is 11.4. The summed E-state index contributed by atoms with van der Waals surface area (Å²) in [6.45, 7) is 0.389. The Morgan fingerprint density at radius 3 is 2.44 bits per heavy atom. The Labute approximate surface area is 94.3 Å². The van der Waals surface area contributed by atoms with Crippen molar-refractivity contribution in [1.82, 2.24) is 4.41 Å². The molecule has 0 heterocycles. The van der Waals surface area contributed by atoms with Gasteiger partial charge in [0.25, 0.3) is 5.39 Å². The zero-order chi connectivity index (χ0) is 12.0. The van der Waals surface area contributed by atoms with Crippen LogP contribution in [0.1, 0.15) is 6.42 Å². The molecule has 16 heavy (non-hydrogen) atoms. The van der Waals surface area contributed by atoms with E-state index < -0.39 is 10.0 Å². The van der Waals surface area contributed by atoms with Gasteiger partial charge in [0.2, 0.25) is 0 Å². The molecule has 2 N–H and O–H groups in total. The normalized spacial score (nSPS) is 10.8. The van der Waals surface area contributed by atoms with E-state index in [4.69, 9.17) is 11.1 Å². The van der Waals surface area contributed by atoms with E-state index in [1.807, 2.05) is 0 Å². The third-order valence-corrected chi connectivity index (χ3v) is 3.65. The molecule has 1 rings (SSSR count). The lowest BCUT2D eigenvalue weighted by Crippen LogP contribution is -2.26. The van der Waals surface area contributed by atoms with Crippen LogP contribution in [0.4, 0.5) is 0 Å². The lowest BCUT2D eigenvalue weighted by Gasteiger charge is -2.04. The van der Waals surface area contributed by atoms with Crippen LogP contribution in [0.5, 0.6) is 0 Å². The Balaban J connectivity index is 2.97. The monoisotopic (exact) mass is 241 g/mol. The van der Waals surface area contributed by atoms with Gasteiger partial charge in [-0.05, 0) is 25.1 Å². The molecule has 0 aliphatic rings. The van der Waals surface area contributed by atoms with Crippen molar-refractivity contribution in [2.75, 3.05) is 13.1 Å². The van der Waals surface area contributed by atoms with Crippen LogP contribution in [0.15, 0.2) is 35.2 Å². The fraction of sp³-hybridized carbons (Fsp3) is 0.333. The van der Waals surface area contributed by atoms with Gasteiger partial charge in [-0.15, -0.1) is 0 Å². The van der Waals surface area contributed by atoms with Gasteiger partial charge >= 0.3 is 15.1 Å². The Morgan fingerprint density at radius 1 is 1.31 bits per heavy atom. The quantitative estimate of drug-likeness (QED) is 0.609. The highest BCUT2D eigenvalue weighted by Gasteiger charge is 2.32. The molecule has 0 aliphatic heterocycles. The van der Waals surface area contributed by atoms with Crippen molar-refractivity contribution in [2.24, 2.45) is 5.73 Å². The number of hydrogen-bond donors (Lipinski definition) is 1. The first-order valence-corrected chi connectivity index (χ1v) is 6.20. The highest BCUT2D eigenvalue weighted by Crippen LogP contribution is 2.15. The smallest absolute Gasteiger partial charge is 0.326 e. The molecule has 0 bridgehead atoms. The molecule has 0 amide bonds. The molecule has 0 saturated carbocycles. The summed E-state index contributed by atoms with van der Waals surface area (Å²) in [4.78, 5) is 0.0878. The molecular weight excluding hydrogens is 228 g/mol. The standard InChI is InChI=1S/C9H13N4O2S/c10-7-4-8-13(12-11)16(14,15)9-5-2-1-3-6-9/h1-3,5-6H,4,7-8,10H2/q+1. The largest absolute Gasteiger partial charge is 0.330 e. The van der Waals surface area contributed by atoms with Gasteiger partial charge in [-0.25, -0.2) is 0 Å². The summed E-state index contributed by atoms with van der Waals surface area (Å²) >= 11 is 0. The predicted molar refractivity (Wildman–Crippen MR) is 59.1 cm³/mol. The van der Waals surface area contributed by atoms with Gasteiger partial charge in [0.05, 0.1) is 9.31 Å². The van der Waals surface area contributed by atoms with E-state index in [1.54, 1.807) is 18.2 Å². The van der Waals surface area contributed by atoms with Crippen molar-refractivity contribution in [3.05, 3.63) is 35.4 Å². The molecule has 0 radical (unpaired) electrons. The first-order chi connectivity index (χ1) is 7.62. The number of diazo groups is 1. The van der Waals surface area contributed by atoms with Crippen LogP contribution in [-0.4, -0.2) is 25.9 Å². The Bertz CT molecular complexity index is 466. The molecule has 0 spiro atoms. The maximum Gasteiger partial charge on any atom is 0.326 e. The minimum atomic E-state index is -3.76. The molecule has 1 aromatic carbocycles. The van der Waals surface area contributed by atoms with E-state index in [0.29, 0.717) is 17.4 Å². The van der Waals surface area contributed by atoms with E-state index in [-0.39, 0.29) is 11.4 Å². The van der Waals surface area contributed by atoms with Gasteiger partial charge in [-0.1, -0.05) is 18.2 Å². The molecule has 86 valence electrons. The van der Waals surface area contributed by atoms with E-state index >= 15 is 0 Å². The highest BCUT2D eigenvalue weighted by molar-refractivity contribution is 7.89. The second-order valence-corrected chi connectivity index (χ2v) is 4.94. The van der Waals surface area contributed by atoms with E-state index in [9.17, 15) is 8.42 Å². The van der Waals surface area contributed by atoms with Gasteiger partial charge in [-0.3, -0.25) is 0 Å². The molecule has 6 nitrogen and oxygen atoms in total. The molecule has 0 fully saturated rings. The summed E-state index contributed by atoms with van der Waals surface area (Å²) < 4.78 is 24.4. The maximum absolute atomic E-state index is 11.9. The second kappa shape index (κ2) is 5.44. The molecule has 1 aromatic rings. The first kappa shape index (κ1) is 12.4. The van der Waals surface area contributed by atoms with Crippen molar-refractivity contribution >= 4 is 10.0 Å². The Kier molecular flexibility index (Phi) is 4.22. The minimum Gasteiger partial charge on any atom is -0.330 e. The number of nitrogens with two attached hydrogens (primary N) is 1. The van der Waals surface area contributed by atoms with Crippen molar-refractivity contribution < 1.29 is 8.42 Å². The molecule has 0 aromatic heterocycles. The van der Waals surface area contributed by atoms with E-state index in [2.05, 4.69) is 5.08 Å². The molecule has 0 atom stereocenters. The summed E-state index contributed by atoms with van der Waals surface area (Å²) in [5.41, 5.74) is 5.27. The summed E-state index contributed by atoms with van der Waals surface area (Å²) in [6.07, 6.45) is 0.427. The topological polar surface area (TPSA) is 91.5 Å². The predicted octanol–water partition coefficient (Wildman–Crippen LogP) is 0.794. The summed E-state index contributed by atoms with van der Waals surface area (Å²) in [5.74, 6) is 0. The van der Waals surface area contributed by atoms with Gasteiger partial charge in [0.1, 0.15) is 6.54 Å². The van der Waals surface area contributed by atoms with Crippen molar-refractivity contribution in [2.45, 2.75) is 11.3 Å². The Morgan fingerprint density at radius 2 is 1.94 bits per heavy atom. The third-order valence-electron chi connectivity index (χ3n) is 1.97. The van der Waals surface area contributed by atoms with Crippen LogP contribution in [0.25, 0.3) is 5.08 Å². The lowest BCUT2D eigenvalue weighted by atomic mass is 10.4. The van der Waals surface area contributed by atoms with Gasteiger partial charge in [0.15, 0.2) is 0 Å². The average molecular weight is 241 g/mol. The average Bonchev–Trinajstić information content (AvgIpc) is 2.31. The first-order valence-electron chi connectivity index (χ1n) is 4.76. The third kappa shape index (κ3) is 2.68. The summed E-state index contributed by atoms with van der Waals surface area (Å²) in [6, 6.07) is 7.79. The number of nitrogens with zero attached hydrogens (tertiary/aromatic N) is 3. The number of rotatable bonds is 5. The minimum absolute atomic E-state index is 0.0597. The van der Waals surface area contributed by atoms with Crippen LogP contribution >= 0.6 is 0 Å². The molecule has 7 heteroatoms. The highest BCUT2D eigenvalue weighted by atomic mass is 32.2. The second-order valence-electron chi connectivity index (χ2n) is 3.10. The number of sulfonamides is 1. The van der Waals surface area contributed by atoms with E-state index in [1.165, 1.54) is 12.1 Å².